The van der Waals surface area contributed by atoms with Gasteiger partial charge in [-0.25, -0.2) is 0 Å². The van der Waals surface area contributed by atoms with Gasteiger partial charge in [0.05, 0.1) is 5.92 Å². The normalized spacial score (nSPS) is 32.2. The van der Waals surface area contributed by atoms with Gasteiger partial charge in [0.25, 0.3) is 0 Å². The molecule has 0 aromatic heterocycles. The fourth-order valence-electron chi connectivity index (χ4n) is 4.56. The molecule has 3 heteroatoms. The first-order chi connectivity index (χ1) is 9.84. The minimum atomic E-state index is 0.0675. The molecule has 3 nitrogen and oxygen atoms in total. The van der Waals surface area contributed by atoms with E-state index < -0.39 is 0 Å². The van der Waals surface area contributed by atoms with Crippen molar-refractivity contribution in [1.29, 1.82) is 0 Å². The van der Waals surface area contributed by atoms with Gasteiger partial charge >= 0.3 is 0 Å². The SMILES string of the molecule is CC(C)=C[C@@H]1[C@@H](C(=O)NC2CC(C)(C)NC(C)(C)C2)C1(C)C. The van der Waals surface area contributed by atoms with Gasteiger partial charge in [0.2, 0.25) is 5.91 Å². The van der Waals surface area contributed by atoms with Gasteiger partial charge in [-0.2, -0.15) is 0 Å². The highest BCUT2D eigenvalue weighted by Crippen LogP contribution is 2.59. The van der Waals surface area contributed by atoms with Gasteiger partial charge in [-0.15, -0.1) is 0 Å². The lowest BCUT2D eigenvalue weighted by atomic mass is 9.79. The molecule has 1 heterocycles. The summed E-state index contributed by atoms with van der Waals surface area (Å²) < 4.78 is 0. The molecule has 1 saturated carbocycles. The quantitative estimate of drug-likeness (QED) is 0.781. The van der Waals surface area contributed by atoms with E-state index in [2.05, 4.69) is 72.1 Å². The van der Waals surface area contributed by atoms with Crippen LogP contribution in [0.3, 0.4) is 0 Å². The zero-order valence-electron chi connectivity index (χ0n) is 15.6. The largest absolute Gasteiger partial charge is 0.353 e. The Morgan fingerprint density at radius 1 is 1.05 bits per heavy atom. The number of hydrogen-bond donors (Lipinski definition) is 2. The van der Waals surface area contributed by atoms with Crippen molar-refractivity contribution in [3.05, 3.63) is 11.6 Å². The fraction of sp³-hybridized carbons (Fsp3) is 0.842. The lowest BCUT2D eigenvalue weighted by molar-refractivity contribution is -0.124. The van der Waals surface area contributed by atoms with Crippen LogP contribution in [0.25, 0.3) is 0 Å². The summed E-state index contributed by atoms with van der Waals surface area (Å²) in [6.45, 7) is 17.5. The van der Waals surface area contributed by atoms with Gasteiger partial charge in [0.15, 0.2) is 0 Å². The number of nitrogens with one attached hydrogen (secondary N) is 2. The molecule has 2 atom stereocenters. The average molecular weight is 306 g/mol. The maximum atomic E-state index is 12.7. The fourth-order valence-corrected chi connectivity index (χ4v) is 4.56. The van der Waals surface area contributed by atoms with Gasteiger partial charge in [0.1, 0.15) is 0 Å². The Morgan fingerprint density at radius 3 is 2.00 bits per heavy atom. The Hall–Kier alpha value is -0.830. The molecule has 2 aliphatic rings. The first kappa shape index (κ1) is 17.5. The first-order valence-corrected chi connectivity index (χ1v) is 8.59. The van der Waals surface area contributed by atoms with Crippen LogP contribution in [0.4, 0.5) is 0 Å². The molecular formula is C19H34N2O. The molecule has 0 bridgehead atoms. The molecule has 0 aromatic rings. The molecule has 1 aliphatic heterocycles. The third kappa shape index (κ3) is 3.73. The van der Waals surface area contributed by atoms with Gasteiger partial charge < -0.3 is 10.6 Å². The molecule has 2 fully saturated rings. The number of carbonyl (C=O) groups is 1. The van der Waals surface area contributed by atoms with Crippen molar-refractivity contribution < 1.29 is 4.79 Å². The maximum absolute atomic E-state index is 12.7. The molecule has 0 spiro atoms. The van der Waals surface area contributed by atoms with E-state index in [1.807, 2.05) is 0 Å². The van der Waals surface area contributed by atoms with E-state index in [0.717, 1.165) is 12.8 Å². The average Bonchev–Trinajstić information content (AvgIpc) is 2.73. The van der Waals surface area contributed by atoms with E-state index in [1.54, 1.807) is 0 Å². The number of hydrogen-bond acceptors (Lipinski definition) is 2. The summed E-state index contributed by atoms with van der Waals surface area (Å²) in [6, 6.07) is 0.266. The van der Waals surface area contributed by atoms with Crippen LogP contribution in [0.2, 0.25) is 0 Å². The molecule has 0 aromatic carbocycles. The van der Waals surface area contributed by atoms with Crippen molar-refractivity contribution >= 4 is 5.91 Å². The molecule has 126 valence electrons. The zero-order valence-corrected chi connectivity index (χ0v) is 15.6. The van der Waals surface area contributed by atoms with E-state index in [0.29, 0.717) is 5.92 Å². The van der Waals surface area contributed by atoms with Crippen molar-refractivity contribution in [1.82, 2.24) is 10.6 Å². The van der Waals surface area contributed by atoms with Crippen LogP contribution >= 0.6 is 0 Å². The molecule has 22 heavy (non-hydrogen) atoms. The summed E-state index contributed by atoms with van der Waals surface area (Å²) in [5, 5.41) is 7.01. The second kappa shape index (κ2) is 5.36. The molecule has 2 N–H and O–H groups in total. The maximum Gasteiger partial charge on any atom is 0.224 e. The van der Waals surface area contributed by atoms with Gasteiger partial charge in [-0.05, 0) is 65.7 Å². The molecule has 2 rings (SSSR count). The Labute approximate surface area is 136 Å². The summed E-state index contributed by atoms with van der Waals surface area (Å²) in [4.78, 5) is 12.7. The molecule has 0 unspecified atom stereocenters. The number of piperidine rings is 1. The van der Waals surface area contributed by atoms with Gasteiger partial charge in [0, 0.05) is 17.1 Å². The van der Waals surface area contributed by atoms with Crippen LogP contribution in [-0.4, -0.2) is 23.0 Å². The van der Waals surface area contributed by atoms with Crippen LogP contribution in [0.15, 0.2) is 11.6 Å². The highest BCUT2D eigenvalue weighted by molar-refractivity contribution is 5.84. The number of amides is 1. The van der Waals surface area contributed by atoms with Gasteiger partial charge in [-0.1, -0.05) is 25.5 Å². The van der Waals surface area contributed by atoms with E-state index >= 15 is 0 Å². The van der Waals surface area contributed by atoms with E-state index in [1.165, 1.54) is 5.57 Å². The predicted molar refractivity (Wildman–Crippen MR) is 92.7 cm³/mol. The Balaban J connectivity index is 2.02. The van der Waals surface area contributed by atoms with Crippen molar-refractivity contribution in [2.45, 2.75) is 85.4 Å². The van der Waals surface area contributed by atoms with Gasteiger partial charge in [-0.3, -0.25) is 4.79 Å². The highest BCUT2D eigenvalue weighted by atomic mass is 16.2. The molecule has 1 aliphatic carbocycles. The topological polar surface area (TPSA) is 41.1 Å². The number of allylic oxidation sites excluding steroid dienone is 2. The van der Waals surface area contributed by atoms with Crippen LogP contribution in [0, 0.1) is 17.3 Å². The second-order valence-electron chi connectivity index (χ2n) is 9.58. The molecule has 0 radical (unpaired) electrons. The number of carbonyl (C=O) groups excluding carboxylic acids is 1. The molecular weight excluding hydrogens is 272 g/mol. The van der Waals surface area contributed by atoms with E-state index in [9.17, 15) is 4.79 Å². The summed E-state index contributed by atoms with van der Waals surface area (Å²) in [5.41, 5.74) is 1.53. The minimum absolute atomic E-state index is 0.0675. The monoisotopic (exact) mass is 306 g/mol. The van der Waals surface area contributed by atoms with Crippen molar-refractivity contribution in [2.24, 2.45) is 17.3 Å². The lowest BCUT2D eigenvalue weighted by Gasteiger charge is -2.46. The van der Waals surface area contributed by atoms with E-state index in [4.69, 9.17) is 0 Å². The third-order valence-corrected chi connectivity index (χ3v) is 5.24. The second-order valence-corrected chi connectivity index (χ2v) is 9.58. The van der Waals surface area contributed by atoms with Crippen LogP contribution in [-0.2, 0) is 4.79 Å². The predicted octanol–water partition coefficient (Wildman–Crippen LogP) is 3.65. The highest BCUT2D eigenvalue weighted by Gasteiger charge is 2.60. The van der Waals surface area contributed by atoms with E-state index in [-0.39, 0.29) is 34.4 Å². The van der Waals surface area contributed by atoms with Crippen molar-refractivity contribution in [3.63, 3.8) is 0 Å². The molecule has 1 saturated heterocycles. The first-order valence-electron chi connectivity index (χ1n) is 8.59. The summed E-state index contributed by atoms with van der Waals surface area (Å²) in [6.07, 6.45) is 4.24. The Bertz CT molecular complexity index is 468. The smallest absolute Gasteiger partial charge is 0.224 e. The number of rotatable bonds is 3. The van der Waals surface area contributed by atoms with Crippen molar-refractivity contribution in [3.8, 4) is 0 Å². The van der Waals surface area contributed by atoms with Crippen LogP contribution in [0.1, 0.15) is 68.2 Å². The summed E-state index contributed by atoms with van der Waals surface area (Å²) in [5.74, 6) is 0.759. The summed E-state index contributed by atoms with van der Waals surface area (Å²) in [7, 11) is 0. The molecule has 1 amide bonds. The standard InChI is InChI=1S/C19H34N2O/c1-12(2)9-14-15(19(14,7)8)16(22)20-13-10-17(3,4)21-18(5,6)11-13/h9,13-15,21H,10-11H2,1-8H3,(H,20,22)/t14-,15+/m1/s1. The lowest BCUT2D eigenvalue weighted by Crippen LogP contribution is -2.62. The van der Waals surface area contributed by atoms with Crippen LogP contribution in [0.5, 0.6) is 0 Å². The Morgan fingerprint density at radius 2 is 1.55 bits per heavy atom. The third-order valence-electron chi connectivity index (χ3n) is 5.24. The van der Waals surface area contributed by atoms with Crippen LogP contribution < -0.4 is 10.6 Å². The Kier molecular flexibility index (Phi) is 4.27. The zero-order chi connectivity index (χ0) is 16.9. The van der Waals surface area contributed by atoms with Crippen molar-refractivity contribution in [2.75, 3.05) is 0 Å². The summed E-state index contributed by atoms with van der Waals surface area (Å²) >= 11 is 0. The minimum Gasteiger partial charge on any atom is -0.353 e.